The molecule has 3 nitrogen and oxygen atoms in total. The number of nitriles is 1. The molecule has 0 heterocycles. The van der Waals surface area contributed by atoms with Crippen molar-refractivity contribution in [1.29, 1.82) is 5.26 Å². The van der Waals surface area contributed by atoms with Gasteiger partial charge in [0.1, 0.15) is 5.92 Å². The lowest BCUT2D eigenvalue weighted by molar-refractivity contribution is -0.123. The Morgan fingerprint density at radius 3 is 2.76 bits per heavy atom. The number of carbonyl (C=O) groups excluding carboxylic acids is 1. The van der Waals surface area contributed by atoms with E-state index in [1.165, 1.54) is 0 Å². The van der Waals surface area contributed by atoms with Crippen LogP contribution in [-0.2, 0) is 11.2 Å². The monoisotopic (exact) mass is 248 g/mol. The van der Waals surface area contributed by atoms with E-state index in [9.17, 15) is 4.79 Å². The van der Waals surface area contributed by atoms with Crippen LogP contribution in [0.5, 0.6) is 0 Å². The second-order valence-electron chi connectivity index (χ2n) is 3.66. The first kappa shape index (κ1) is 13.6. The van der Waals surface area contributed by atoms with Gasteiger partial charge in [-0.3, -0.25) is 4.79 Å². The van der Waals surface area contributed by atoms with E-state index in [1.807, 2.05) is 36.6 Å². The quantitative estimate of drug-likeness (QED) is 0.782. The molecule has 0 saturated heterocycles. The summed E-state index contributed by atoms with van der Waals surface area (Å²) in [5, 5.41) is 11.8. The van der Waals surface area contributed by atoms with Gasteiger partial charge in [0.2, 0.25) is 5.91 Å². The molecule has 0 radical (unpaired) electrons. The Kier molecular flexibility index (Phi) is 6.19. The molecule has 17 heavy (non-hydrogen) atoms. The van der Waals surface area contributed by atoms with Crippen molar-refractivity contribution in [3.05, 3.63) is 35.9 Å². The van der Waals surface area contributed by atoms with Gasteiger partial charge in [-0.05, 0) is 18.2 Å². The van der Waals surface area contributed by atoms with Crippen LogP contribution < -0.4 is 5.32 Å². The molecule has 0 aliphatic rings. The Balaban J connectivity index is 2.49. The Bertz CT molecular complexity index is 386. The van der Waals surface area contributed by atoms with Crippen LogP contribution in [0, 0.1) is 17.2 Å². The summed E-state index contributed by atoms with van der Waals surface area (Å²) in [4.78, 5) is 11.7. The summed E-state index contributed by atoms with van der Waals surface area (Å²) in [6.45, 7) is 0.618. The zero-order valence-corrected chi connectivity index (χ0v) is 10.7. The third kappa shape index (κ3) is 4.92. The first-order valence-electron chi connectivity index (χ1n) is 5.48. The van der Waals surface area contributed by atoms with Gasteiger partial charge in [0, 0.05) is 12.3 Å². The highest BCUT2D eigenvalue weighted by molar-refractivity contribution is 7.98. The largest absolute Gasteiger partial charge is 0.354 e. The molecule has 0 aliphatic heterocycles. The van der Waals surface area contributed by atoms with Crippen molar-refractivity contribution in [1.82, 2.24) is 5.32 Å². The van der Waals surface area contributed by atoms with Gasteiger partial charge >= 0.3 is 0 Å². The summed E-state index contributed by atoms with van der Waals surface area (Å²) in [6.07, 6.45) is 2.46. The van der Waals surface area contributed by atoms with Crippen LogP contribution in [0.4, 0.5) is 0 Å². The molecule has 0 aliphatic carbocycles. The van der Waals surface area contributed by atoms with E-state index < -0.39 is 5.92 Å². The average molecular weight is 248 g/mol. The van der Waals surface area contributed by atoms with Crippen molar-refractivity contribution in [2.45, 2.75) is 6.42 Å². The molecule has 0 fully saturated rings. The zero-order valence-electron chi connectivity index (χ0n) is 9.85. The second-order valence-corrected chi connectivity index (χ2v) is 4.64. The fourth-order valence-corrected chi connectivity index (χ4v) is 1.75. The van der Waals surface area contributed by atoms with Crippen molar-refractivity contribution in [2.75, 3.05) is 18.6 Å². The van der Waals surface area contributed by atoms with Crippen LogP contribution >= 0.6 is 11.8 Å². The molecule has 0 bridgehead atoms. The molecule has 1 amide bonds. The maximum Gasteiger partial charge on any atom is 0.237 e. The van der Waals surface area contributed by atoms with E-state index in [1.54, 1.807) is 11.8 Å². The Morgan fingerprint density at radius 1 is 1.47 bits per heavy atom. The van der Waals surface area contributed by atoms with Gasteiger partial charge < -0.3 is 5.32 Å². The minimum absolute atomic E-state index is 0.176. The van der Waals surface area contributed by atoms with Gasteiger partial charge in [0.05, 0.1) is 6.07 Å². The first-order valence-corrected chi connectivity index (χ1v) is 6.87. The molecule has 1 aromatic carbocycles. The summed E-state index contributed by atoms with van der Waals surface area (Å²) in [5.41, 5.74) is 1.01. The molecule has 1 rings (SSSR count). The lowest BCUT2D eigenvalue weighted by Gasteiger charge is -2.09. The van der Waals surface area contributed by atoms with Gasteiger partial charge in [0.15, 0.2) is 0 Å². The number of hydrogen-bond donors (Lipinski definition) is 1. The number of amides is 1. The Labute approximate surface area is 106 Å². The highest BCUT2D eigenvalue weighted by Gasteiger charge is 2.17. The molecule has 0 saturated carbocycles. The first-order chi connectivity index (χ1) is 8.27. The van der Waals surface area contributed by atoms with E-state index in [4.69, 9.17) is 5.26 Å². The van der Waals surface area contributed by atoms with Crippen molar-refractivity contribution >= 4 is 17.7 Å². The molecule has 1 aromatic rings. The maximum atomic E-state index is 11.7. The highest BCUT2D eigenvalue weighted by Crippen LogP contribution is 2.08. The topological polar surface area (TPSA) is 52.9 Å². The second kappa shape index (κ2) is 7.75. The number of carbonyl (C=O) groups is 1. The van der Waals surface area contributed by atoms with Crippen LogP contribution in [0.2, 0.25) is 0 Å². The van der Waals surface area contributed by atoms with Crippen LogP contribution in [0.25, 0.3) is 0 Å². The number of nitrogens with zero attached hydrogens (tertiary/aromatic N) is 1. The van der Waals surface area contributed by atoms with Gasteiger partial charge in [-0.25, -0.2) is 0 Å². The lowest BCUT2D eigenvalue weighted by atomic mass is 10.00. The van der Waals surface area contributed by atoms with E-state index >= 15 is 0 Å². The van der Waals surface area contributed by atoms with E-state index in [0.29, 0.717) is 13.0 Å². The minimum Gasteiger partial charge on any atom is -0.354 e. The number of hydrogen-bond acceptors (Lipinski definition) is 3. The maximum absolute atomic E-state index is 11.7. The smallest absolute Gasteiger partial charge is 0.237 e. The number of thioether (sulfide) groups is 1. The molecule has 1 unspecified atom stereocenters. The van der Waals surface area contributed by atoms with Gasteiger partial charge in [-0.2, -0.15) is 17.0 Å². The molecule has 1 N–H and O–H groups in total. The Morgan fingerprint density at radius 2 is 2.18 bits per heavy atom. The van der Waals surface area contributed by atoms with Crippen molar-refractivity contribution in [3.8, 4) is 6.07 Å². The fourth-order valence-electron chi connectivity index (χ4n) is 1.45. The van der Waals surface area contributed by atoms with Crippen molar-refractivity contribution < 1.29 is 4.79 Å². The molecule has 4 heteroatoms. The summed E-state index contributed by atoms with van der Waals surface area (Å²) in [6, 6.07) is 11.7. The third-order valence-electron chi connectivity index (χ3n) is 2.36. The lowest BCUT2D eigenvalue weighted by Crippen LogP contribution is -2.32. The van der Waals surface area contributed by atoms with Crippen molar-refractivity contribution in [3.63, 3.8) is 0 Å². The SMILES string of the molecule is CSCCNC(=O)C(C#N)Cc1ccccc1. The van der Waals surface area contributed by atoms with Crippen LogP contribution in [-0.4, -0.2) is 24.5 Å². The summed E-state index contributed by atoms with van der Waals surface area (Å²) >= 11 is 1.67. The molecular formula is C13H16N2OS. The number of rotatable bonds is 6. The van der Waals surface area contributed by atoms with Gasteiger partial charge in [0.25, 0.3) is 0 Å². The standard InChI is InChI=1S/C13H16N2OS/c1-17-8-7-15-13(16)12(10-14)9-11-5-3-2-4-6-11/h2-6,12H,7-9H2,1H3,(H,15,16). The normalized spacial score (nSPS) is 11.5. The van der Waals surface area contributed by atoms with E-state index in [-0.39, 0.29) is 5.91 Å². The molecule has 90 valence electrons. The number of benzene rings is 1. The van der Waals surface area contributed by atoms with E-state index in [0.717, 1.165) is 11.3 Å². The molecule has 1 atom stereocenters. The highest BCUT2D eigenvalue weighted by atomic mass is 32.2. The third-order valence-corrected chi connectivity index (χ3v) is 2.97. The predicted octanol–water partition coefficient (Wildman–Crippen LogP) is 1.85. The molecule has 0 spiro atoms. The molecular weight excluding hydrogens is 232 g/mol. The Hall–Kier alpha value is -1.47. The van der Waals surface area contributed by atoms with Crippen LogP contribution in [0.15, 0.2) is 30.3 Å². The summed E-state index contributed by atoms with van der Waals surface area (Å²) in [7, 11) is 0. The van der Waals surface area contributed by atoms with Crippen LogP contribution in [0.3, 0.4) is 0 Å². The van der Waals surface area contributed by atoms with Crippen molar-refractivity contribution in [2.24, 2.45) is 5.92 Å². The molecule has 0 aromatic heterocycles. The summed E-state index contributed by atoms with van der Waals surface area (Å²) < 4.78 is 0. The minimum atomic E-state index is -0.598. The number of nitrogens with one attached hydrogen (secondary N) is 1. The zero-order chi connectivity index (χ0) is 12.5. The average Bonchev–Trinajstić information content (AvgIpc) is 2.37. The fraction of sp³-hybridized carbons (Fsp3) is 0.385. The van der Waals surface area contributed by atoms with Gasteiger partial charge in [-0.15, -0.1) is 0 Å². The van der Waals surface area contributed by atoms with Crippen LogP contribution in [0.1, 0.15) is 5.56 Å². The summed E-state index contributed by atoms with van der Waals surface area (Å²) in [5.74, 6) is 0.0968. The predicted molar refractivity (Wildman–Crippen MR) is 70.6 cm³/mol. The van der Waals surface area contributed by atoms with Gasteiger partial charge in [-0.1, -0.05) is 30.3 Å². The van der Waals surface area contributed by atoms with E-state index in [2.05, 4.69) is 11.4 Å².